The predicted molar refractivity (Wildman–Crippen MR) is 74.6 cm³/mol. The van der Waals surface area contributed by atoms with Crippen molar-refractivity contribution < 1.29 is 4.79 Å². The van der Waals surface area contributed by atoms with Crippen molar-refractivity contribution in [3.8, 4) is 0 Å². The fourth-order valence-electron chi connectivity index (χ4n) is 2.41. The van der Waals surface area contributed by atoms with Crippen molar-refractivity contribution in [2.45, 2.75) is 12.8 Å². The Morgan fingerprint density at radius 3 is 3.21 bits per heavy atom. The first kappa shape index (κ1) is 13.8. The Morgan fingerprint density at radius 2 is 2.47 bits per heavy atom. The average molecular weight is 263 g/mol. The number of pyridine rings is 1. The molecule has 19 heavy (non-hydrogen) atoms. The van der Waals surface area contributed by atoms with Gasteiger partial charge in [0.05, 0.1) is 5.69 Å². The van der Waals surface area contributed by atoms with Crippen LogP contribution in [0.1, 0.15) is 23.3 Å². The summed E-state index contributed by atoms with van der Waals surface area (Å²) in [7, 11) is 2.12. The summed E-state index contributed by atoms with van der Waals surface area (Å²) in [6.07, 6.45) is 3.93. The van der Waals surface area contributed by atoms with E-state index in [4.69, 9.17) is 5.84 Å². The first-order valence-electron chi connectivity index (χ1n) is 6.58. The largest absolute Gasteiger partial charge is 0.350 e. The minimum atomic E-state index is -0.148. The van der Waals surface area contributed by atoms with E-state index in [9.17, 15) is 4.79 Å². The van der Waals surface area contributed by atoms with Crippen molar-refractivity contribution in [2.75, 3.05) is 32.1 Å². The number of carbonyl (C=O) groups excluding carboxylic acids is 1. The van der Waals surface area contributed by atoms with E-state index in [1.807, 2.05) is 0 Å². The number of nitrogens with one attached hydrogen (secondary N) is 2. The maximum atomic E-state index is 12.0. The average Bonchev–Trinajstić information content (AvgIpc) is 2.45. The standard InChI is InChI=1S/C13H21N5O/c1-18-6-2-3-10(9-18)8-16-13(19)12-7-11(17-14)4-5-15-12/h4-5,7,10H,2-3,6,8-9,14H2,1H3,(H,15,17)(H,16,19). The fourth-order valence-corrected chi connectivity index (χ4v) is 2.41. The van der Waals surface area contributed by atoms with Crippen LogP contribution in [0.2, 0.25) is 0 Å². The zero-order chi connectivity index (χ0) is 13.7. The van der Waals surface area contributed by atoms with Crippen LogP contribution in [0, 0.1) is 5.92 Å². The summed E-state index contributed by atoms with van der Waals surface area (Å²) in [6.45, 7) is 2.89. The molecule has 1 aliphatic rings. The number of hydrazine groups is 1. The predicted octanol–water partition coefficient (Wildman–Crippen LogP) is 0.439. The van der Waals surface area contributed by atoms with Crippen LogP contribution in [-0.4, -0.2) is 42.5 Å². The van der Waals surface area contributed by atoms with E-state index in [-0.39, 0.29) is 5.91 Å². The summed E-state index contributed by atoms with van der Waals surface area (Å²) >= 11 is 0. The second-order valence-corrected chi connectivity index (χ2v) is 5.05. The van der Waals surface area contributed by atoms with E-state index in [1.165, 1.54) is 12.8 Å². The fraction of sp³-hybridized carbons (Fsp3) is 0.538. The van der Waals surface area contributed by atoms with Crippen LogP contribution < -0.4 is 16.6 Å². The molecule has 2 rings (SSSR count). The number of hydrogen-bond donors (Lipinski definition) is 3. The van der Waals surface area contributed by atoms with E-state index < -0.39 is 0 Å². The van der Waals surface area contributed by atoms with Gasteiger partial charge in [-0.1, -0.05) is 0 Å². The molecule has 0 aliphatic carbocycles. The van der Waals surface area contributed by atoms with Crippen LogP contribution in [0.5, 0.6) is 0 Å². The Balaban J connectivity index is 1.86. The Bertz CT molecular complexity index is 437. The minimum Gasteiger partial charge on any atom is -0.350 e. The van der Waals surface area contributed by atoms with Gasteiger partial charge in [-0.15, -0.1) is 0 Å². The molecule has 4 N–H and O–H groups in total. The molecule has 1 aliphatic heterocycles. The molecule has 1 aromatic rings. The Hall–Kier alpha value is -1.66. The maximum absolute atomic E-state index is 12.0. The summed E-state index contributed by atoms with van der Waals surface area (Å²) in [5.41, 5.74) is 3.57. The van der Waals surface area contributed by atoms with Crippen LogP contribution in [0.3, 0.4) is 0 Å². The van der Waals surface area contributed by atoms with Crippen LogP contribution >= 0.6 is 0 Å². The van der Waals surface area contributed by atoms with Crippen LogP contribution in [0.4, 0.5) is 5.69 Å². The number of piperidine rings is 1. The highest BCUT2D eigenvalue weighted by Crippen LogP contribution is 2.14. The quantitative estimate of drug-likeness (QED) is 0.542. The summed E-state index contributed by atoms with van der Waals surface area (Å²) in [5, 5.41) is 2.94. The van der Waals surface area contributed by atoms with Gasteiger partial charge in [0.25, 0.3) is 5.91 Å². The summed E-state index contributed by atoms with van der Waals surface area (Å²) in [5.74, 6) is 5.69. The van der Waals surface area contributed by atoms with Crippen LogP contribution in [0.25, 0.3) is 0 Å². The minimum absolute atomic E-state index is 0.148. The molecule has 0 saturated carbocycles. The van der Waals surface area contributed by atoms with Gasteiger partial charge in [-0.2, -0.15) is 0 Å². The third-order valence-corrected chi connectivity index (χ3v) is 3.43. The lowest BCUT2D eigenvalue weighted by molar-refractivity contribution is 0.0932. The molecule has 0 bridgehead atoms. The molecule has 6 nitrogen and oxygen atoms in total. The number of rotatable bonds is 4. The van der Waals surface area contributed by atoms with Gasteiger partial charge >= 0.3 is 0 Å². The lowest BCUT2D eigenvalue weighted by Gasteiger charge is -2.29. The Kier molecular flexibility index (Phi) is 4.70. The van der Waals surface area contributed by atoms with E-state index >= 15 is 0 Å². The molecule has 1 aromatic heterocycles. The van der Waals surface area contributed by atoms with Crippen molar-refractivity contribution in [3.05, 3.63) is 24.0 Å². The lowest BCUT2D eigenvalue weighted by atomic mass is 9.98. The number of anilines is 1. The van der Waals surface area contributed by atoms with E-state index in [1.54, 1.807) is 18.3 Å². The zero-order valence-corrected chi connectivity index (χ0v) is 11.2. The van der Waals surface area contributed by atoms with Gasteiger partial charge in [-0.3, -0.25) is 15.6 Å². The number of aromatic nitrogens is 1. The number of nitrogen functional groups attached to an aromatic ring is 1. The maximum Gasteiger partial charge on any atom is 0.269 e. The molecule has 1 atom stereocenters. The number of nitrogens with zero attached hydrogens (tertiary/aromatic N) is 2. The number of nitrogens with two attached hydrogens (primary N) is 1. The first-order chi connectivity index (χ1) is 9.19. The molecule has 2 heterocycles. The highest BCUT2D eigenvalue weighted by molar-refractivity contribution is 5.93. The number of hydrogen-bond acceptors (Lipinski definition) is 5. The summed E-state index contributed by atoms with van der Waals surface area (Å²) < 4.78 is 0. The molecule has 1 amide bonds. The van der Waals surface area contributed by atoms with Gasteiger partial charge < -0.3 is 15.6 Å². The van der Waals surface area contributed by atoms with Crippen LogP contribution in [-0.2, 0) is 0 Å². The molecule has 0 aromatic carbocycles. The Morgan fingerprint density at radius 1 is 1.63 bits per heavy atom. The molecule has 1 fully saturated rings. The molecule has 0 radical (unpaired) electrons. The van der Waals surface area contributed by atoms with E-state index in [0.29, 0.717) is 23.8 Å². The SMILES string of the molecule is CN1CCCC(CNC(=O)c2cc(NN)ccn2)C1. The van der Waals surface area contributed by atoms with Gasteiger partial charge in [-0.05, 0) is 44.5 Å². The van der Waals surface area contributed by atoms with Gasteiger partial charge in [-0.25, -0.2) is 0 Å². The van der Waals surface area contributed by atoms with Gasteiger partial charge in [0.2, 0.25) is 0 Å². The zero-order valence-electron chi connectivity index (χ0n) is 11.2. The highest BCUT2D eigenvalue weighted by atomic mass is 16.1. The Labute approximate surface area is 113 Å². The van der Waals surface area contributed by atoms with Gasteiger partial charge in [0.15, 0.2) is 0 Å². The number of likely N-dealkylation sites (tertiary alicyclic amines) is 1. The molecule has 0 spiro atoms. The molecule has 1 saturated heterocycles. The first-order valence-corrected chi connectivity index (χ1v) is 6.58. The van der Waals surface area contributed by atoms with E-state index in [0.717, 1.165) is 13.1 Å². The molecule has 104 valence electrons. The normalized spacial score (nSPS) is 20.0. The third-order valence-electron chi connectivity index (χ3n) is 3.43. The topological polar surface area (TPSA) is 83.3 Å². The second kappa shape index (κ2) is 6.49. The summed E-state index contributed by atoms with van der Waals surface area (Å²) in [6, 6.07) is 3.36. The van der Waals surface area contributed by atoms with Crippen molar-refractivity contribution >= 4 is 11.6 Å². The monoisotopic (exact) mass is 263 g/mol. The van der Waals surface area contributed by atoms with Crippen molar-refractivity contribution in [2.24, 2.45) is 11.8 Å². The van der Waals surface area contributed by atoms with Gasteiger partial charge in [0, 0.05) is 19.3 Å². The number of carbonyl (C=O) groups is 1. The molecular weight excluding hydrogens is 242 g/mol. The molecule has 6 heteroatoms. The van der Waals surface area contributed by atoms with E-state index in [2.05, 4.69) is 27.7 Å². The second-order valence-electron chi connectivity index (χ2n) is 5.05. The van der Waals surface area contributed by atoms with Crippen LogP contribution in [0.15, 0.2) is 18.3 Å². The highest BCUT2D eigenvalue weighted by Gasteiger charge is 2.18. The third kappa shape index (κ3) is 3.90. The van der Waals surface area contributed by atoms with Crippen molar-refractivity contribution in [3.63, 3.8) is 0 Å². The van der Waals surface area contributed by atoms with Crippen molar-refractivity contribution in [1.29, 1.82) is 0 Å². The summed E-state index contributed by atoms with van der Waals surface area (Å²) in [4.78, 5) is 18.3. The lowest BCUT2D eigenvalue weighted by Crippen LogP contribution is -2.39. The van der Waals surface area contributed by atoms with Crippen molar-refractivity contribution in [1.82, 2.24) is 15.2 Å². The van der Waals surface area contributed by atoms with Gasteiger partial charge in [0.1, 0.15) is 5.69 Å². The number of amides is 1. The molecule has 1 unspecified atom stereocenters. The molecular formula is C13H21N5O. The smallest absolute Gasteiger partial charge is 0.269 e.